The first-order chi connectivity index (χ1) is 15.5. The summed E-state index contributed by atoms with van der Waals surface area (Å²) in [5.41, 5.74) is 4.11. The molecular weight excluding hydrogens is 425 g/mol. The van der Waals surface area contributed by atoms with E-state index in [0.29, 0.717) is 33.4 Å². The van der Waals surface area contributed by atoms with Crippen LogP contribution >= 0.6 is 11.8 Å². The zero-order chi connectivity index (χ0) is 22.2. The Balaban J connectivity index is 1.76. The number of halogens is 1. The molecule has 0 aliphatic rings. The molecule has 0 aliphatic carbocycles. The van der Waals surface area contributed by atoms with Gasteiger partial charge in [-0.3, -0.25) is 4.79 Å². The standard InChI is InChI=1S/C25H20FN3O2S/c1-15-10-11-21(31-2)20(12-15)29-24(30)23-22(18-8-3-4-9-19(18)27-23)28-25(29)32-14-16-6-5-7-17(26)13-16/h3-13,27H,14H2,1-2H3. The summed E-state index contributed by atoms with van der Waals surface area (Å²) in [7, 11) is 1.58. The van der Waals surface area contributed by atoms with E-state index in [9.17, 15) is 9.18 Å². The van der Waals surface area contributed by atoms with Gasteiger partial charge in [0.2, 0.25) is 0 Å². The first-order valence-electron chi connectivity index (χ1n) is 10.1. The number of nitrogens with zero attached hydrogens (tertiary/aromatic N) is 2. The van der Waals surface area contributed by atoms with E-state index in [1.165, 1.54) is 23.9 Å². The van der Waals surface area contributed by atoms with Crippen molar-refractivity contribution >= 4 is 33.7 Å². The normalized spacial score (nSPS) is 11.3. The Morgan fingerprint density at radius 3 is 2.75 bits per heavy atom. The fourth-order valence-electron chi connectivity index (χ4n) is 3.80. The van der Waals surface area contributed by atoms with Crippen LogP contribution in [0.4, 0.5) is 4.39 Å². The SMILES string of the molecule is COc1ccc(C)cc1-n1c(SCc2cccc(F)c2)nc2c([nH]c3ccccc32)c1=O. The molecule has 0 spiro atoms. The number of aromatic amines is 1. The summed E-state index contributed by atoms with van der Waals surface area (Å²) in [5, 5.41) is 1.40. The van der Waals surface area contributed by atoms with Crippen LogP contribution < -0.4 is 10.3 Å². The van der Waals surface area contributed by atoms with Gasteiger partial charge in [-0.25, -0.2) is 13.9 Å². The second-order valence-electron chi connectivity index (χ2n) is 7.52. The summed E-state index contributed by atoms with van der Waals surface area (Å²) < 4.78 is 20.8. The molecule has 32 heavy (non-hydrogen) atoms. The second kappa shape index (κ2) is 8.16. The highest BCUT2D eigenvalue weighted by Crippen LogP contribution is 2.31. The number of H-pyrrole nitrogens is 1. The summed E-state index contributed by atoms with van der Waals surface area (Å²) in [6.07, 6.45) is 0. The minimum absolute atomic E-state index is 0.211. The van der Waals surface area contributed by atoms with Crippen molar-refractivity contribution < 1.29 is 9.13 Å². The number of methoxy groups -OCH3 is 1. The number of ether oxygens (including phenoxy) is 1. The van der Waals surface area contributed by atoms with Gasteiger partial charge in [-0.2, -0.15) is 0 Å². The highest BCUT2D eigenvalue weighted by molar-refractivity contribution is 7.98. The Morgan fingerprint density at radius 1 is 1.09 bits per heavy atom. The molecule has 2 heterocycles. The molecule has 0 bridgehead atoms. The van der Waals surface area contributed by atoms with E-state index in [2.05, 4.69) is 4.98 Å². The molecule has 0 atom stereocenters. The van der Waals surface area contributed by atoms with E-state index in [1.54, 1.807) is 17.7 Å². The van der Waals surface area contributed by atoms with Gasteiger partial charge >= 0.3 is 0 Å². The number of thioether (sulfide) groups is 1. The van der Waals surface area contributed by atoms with Gasteiger partial charge in [-0.15, -0.1) is 0 Å². The number of nitrogens with one attached hydrogen (secondary N) is 1. The van der Waals surface area contributed by atoms with E-state index < -0.39 is 0 Å². The van der Waals surface area contributed by atoms with Crippen LogP contribution in [0.15, 0.2) is 76.7 Å². The lowest BCUT2D eigenvalue weighted by Gasteiger charge is -2.16. The Bertz CT molecular complexity index is 1520. The second-order valence-corrected chi connectivity index (χ2v) is 8.47. The predicted molar refractivity (Wildman–Crippen MR) is 126 cm³/mol. The maximum atomic E-state index is 13.7. The summed E-state index contributed by atoms with van der Waals surface area (Å²) >= 11 is 1.39. The van der Waals surface area contributed by atoms with E-state index >= 15 is 0 Å². The van der Waals surface area contributed by atoms with Crippen LogP contribution in [0, 0.1) is 12.7 Å². The van der Waals surface area contributed by atoms with Gasteiger partial charge in [0.25, 0.3) is 5.56 Å². The number of fused-ring (bicyclic) bond motifs is 3. The number of hydrogen-bond acceptors (Lipinski definition) is 4. The minimum Gasteiger partial charge on any atom is -0.495 e. The molecule has 0 radical (unpaired) electrons. The molecule has 0 saturated heterocycles. The lowest BCUT2D eigenvalue weighted by molar-refractivity contribution is 0.411. The largest absolute Gasteiger partial charge is 0.495 e. The fourth-order valence-corrected chi connectivity index (χ4v) is 4.74. The van der Waals surface area contributed by atoms with Gasteiger partial charge in [-0.05, 0) is 48.4 Å². The summed E-state index contributed by atoms with van der Waals surface area (Å²) in [5.74, 6) is 0.745. The lowest BCUT2D eigenvalue weighted by atomic mass is 10.2. The fraction of sp³-hybridized carbons (Fsp3) is 0.120. The van der Waals surface area contributed by atoms with Gasteiger partial charge < -0.3 is 9.72 Å². The average molecular weight is 446 g/mol. The van der Waals surface area contributed by atoms with E-state index in [-0.39, 0.29) is 11.4 Å². The first kappa shape index (κ1) is 20.3. The maximum absolute atomic E-state index is 13.7. The Kier molecular flexibility index (Phi) is 5.19. The Morgan fingerprint density at radius 2 is 1.94 bits per heavy atom. The molecule has 5 rings (SSSR count). The van der Waals surface area contributed by atoms with Crippen LogP contribution in [0.1, 0.15) is 11.1 Å². The number of aryl methyl sites for hydroxylation is 1. The van der Waals surface area contributed by atoms with Crippen molar-refractivity contribution in [2.45, 2.75) is 17.8 Å². The topological polar surface area (TPSA) is 59.9 Å². The molecule has 160 valence electrons. The van der Waals surface area contributed by atoms with Crippen molar-refractivity contribution in [1.82, 2.24) is 14.5 Å². The summed E-state index contributed by atoms with van der Waals surface area (Å²) in [6, 6.07) is 19.8. The molecule has 1 N–H and O–H groups in total. The Hall–Kier alpha value is -3.58. The van der Waals surface area contributed by atoms with E-state index in [0.717, 1.165) is 22.0 Å². The first-order valence-corrected chi connectivity index (χ1v) is 11.1. The number of rotatable bonds is 5. The molecule has 0 fully saturated rings. The van der Waals surface area contributed by atoms with Crippen molar-refractivity contribution in [2.24, 2.45) is 0 Å². The molecule has 0 amide bonds. The monoisotopic (exact) mass is 445 g/mol. The summed E-state index contributed by atoms with van der Waals surface area (Å²) in [6.45, 7) is 1.96. The maximum Gasteiger partial charge on any atom is 0.283 e. The van der Waals surface area contributed by atoms with Gasteiger partial charge in [-0.1, -0.05) is 48.2 Å². The van der Waals surface area contributed by atoms with Crippen molar-refractivity contribution in [3.8, 4) is 11.4 Å². The van der Waals surface area contributed by atoms with Crippen molar-refractivity contribution in [1.29, 1.82) is 0 Å². The molecule has 3 aromatic carbocycles. The zero-order valence-corrected chi connectivity index (χ0v) is 18.4. The molecule has 5 aromatic rings. The predicted octanol–water partition coefficient (Wildman–Crippen LogP) is 5.62. The zero-order valence-electron chi connectivity index (χ0n) is 17.6. The van der Waals surface area contributed by atoms with Crippen LogP contribution in [0.2, 0.25) is 0 Å². The third-order valence-electron chi connectivity index (χ3n) is 5.33. The number of benzene rings is 3. The molecule has 0 aliphatic heterocycles. The molecule has 0 saturated carbocycles. The van der Waals surface area contributed by atoms with Crippen molar-refractivity contribution in [3.05, 3.63) is 94.0 Å². The van der Waals surface area contributed by atoms with Crippen molar-refractivity contribution in [2.75, 3.05) is 7.11 Å². The van der Waals surface area contributed by atoms with Crippen LogP contribution in [-0.4, -0.2) is 21.6 Å². The Labute approximate surface area is 187 Å². The van der Waals surface area contributed by atoms with Crippen LogP contribution in [0.5, 0.6) is 5.75 Å². The van der Waals surface area contributed by atoms with E-state index in [4.69, 9.17) is 9.72 Å². The smallest absolute Gasteiger partial charge is 0.283 e. The third kappa shape index (κ3) is 3.54. The van der Waals surface area contributed by atoms with Crippen molar-refractivity contribution in [3.63, 3.8) is 0 Å². The molecule has 0 unspecified atom stereocenters. The highest BCUT2D eigenvalue weighted by Gasteiger charge is 2.19. The molecular formula is C25H20FN3O2S. The lowest BCUT2D eigenvalue weighted by Crippen LogP contribution is -2.22. The number of hydrogen-bond donors (Lipinski definition) is 1. The quantitative estimate of drug-likeness (QED) is 0.282. The molecule has 5 nitrogen and oxygen atoms in total. The van der Waals surface area contributed by atoms with E-state index in [1.807, 2.05) is 55.5 Å². The summed E-state index contributed by atoms with van der Waals surface area (Å²) in [4.78, 5) is 21.8. The molecule has 7 heteroatoms. The van der Waals surface area contributed by atoms with Gasteiger partial charge in [0, 0.05) is 16.7 Å². The molecule has 2 aromatic heterocycles. The van der Waals surface area contributed by atoms with Gasteiger partial charge in [0.15, 0.2) is 5.16 Å². The third-order valence-corrected chi connectivity index (χ3v) is 6.34. The van der Waals surface area contributed by atoms with Gasteiger partial charge in [0.05, 0.1) is 12.8 Å². The number of aromatic nitrogens is 3. The van der Waals surface area contributed by atoms with Crippen LogP contribution in [0.25, 0.3) is 27.6 Å². The van der Waals surface area contributed by atoms with Gasteiger partial charge in [0.1, 0.15) is 22.6 Å². The average Bonchev–Trinajstić information content (AvgIpc) is 3.17. The minimum atomic E-state index is -0.291. The van der Waals surface area contributed by atoms with Crippen LogP contribution in [-0.2, 0) is 5.75 Å². The number of para-hydroxylation sites is 1. The van der Waals surface area contributed by atoms with Crippen LogP contribution in [0.3, 0.4) is 0 Å². The highest BCUT2D eigenvalue weighted by atomic mass is 32.2.